The number of allylic oxidation sites excluding steroid dienone is 2. The highest BCUT2D eigenvalue weighted by Gasteiger charge is 2.55. The second kappa shape index (κ2) is 6.64. The van der Waals surface area contributed by atoms with Gasteiger partial charge in [-0.25, -0.2) is 0 Å². The molecule has 2 aliphatic carbocycles. The quantitative estimate of drug-likeness (QED) is 0.813. The number of fused-ring (bicyclic) bond motifs is 2. The molecule has 0 aliphatic heterocycles. The van der Waals surface area contributed by atoms with Crippen molar-refractivity contribution in [2.24, 2.45) is 17.8 Å². The number of carbonyl (C=O) groups is 1. The van der Waals surface area contributed by atoms with Crippen LogP contribution in [-0.2, 0) is 9.53 Å². The first-order chi connectivity index (χ1) is 12.7. The molecule has 3 nitrogen and oxygen atoms in total. The summed E-state index contributed by atoms with van der Waals surface area (Å²) in [6.07, 6.45) is 2.05. The molecule has 5 atom stereocenters. The standard InChI is InChI=1S/C23H24O3/c1-14-18-13-19(26-3)21(16-10-7-11-17(12-16)25-2)22(23(18)24)20(14)15-8-5-4-6-9-15/h4-14,18,20-22H,1-3H3/t14-,18-,20-,21+,22-/m0/s1. The van der Waals surface area contributed by atoms with Gasteiger partial charge in [0.05, 0.1) is 20.1 Å². The van der Waals surface area contributed by atoms with Gasteiger partial charge in [0.1, 0.15) is 17.3 Å². The lowest BCUT2D eigenvalue weighted by atomic mass is 9.73. The van der Waals surface area contributed by atoms with Crippen molar-refractivity contribution in [3.63, 3.8) is 0 Å². The second-order valence-electron chi connectivity index (χ2n) is 7.28. The first kappa shape index (κ1) is 16.9. The number of hydrogen-bond acceptors (Lipinski definition) is 3. The molecule has 0 aromatic heterocycles. The molecule has 134 valence electrons. The van der Waals surface area contributed by atoms with E-state index >= 15 is 0 Å². The molecule has 0 saturated heterocycles. The summed E-state index contributed by atoms with van der Waals surface area (Å²) in [4.78, 5) is 13.3. The lowest BCUT2D eigenvalue weighted by molar-refractivity contribution is -0.124. The minimum Gasteiger partial charge on any atom is -0.501 e. The summed E-state index contributed by atoms with van der Waals surface area (Å²) >= 11 is 0. The van der Waals surface area contributed by atoms with E-state index in [1.165, 1.54) is 5.56 Å². The Hall–Kier alpha value is -2.55. The van der Waals surface area contributed by atoms with E-state index in [1.807, 2.05) is 24.3 Å². The molecule has 0 N–H and O–H groups in total. The molecule has 0 unspecified atom stereocenters. The van der Waals surface area contributed by atoms with Crippen LogP contribution in [0, 0.1) is 17.8 Å². The zero-order chi connectivity index (χ0) is 18.3. The SMILES string of the molecule is COC1=C[C@@H]2C(=O)[C@@H]([C@H](c3ccccc3)[C@H]2C)[C@@H]1c1cccc(OC)c1. The molecule has 1 fully saturated rings. The highest BCUT2D eigenvalue weighted by atomic mass is 16.5. The Kier molecular flexibility index (Phi) is 4.31. The second-order valence-corrected chi connectivity index (χ2v) is 7.28. The lowest BCUT2D eigenvalue weighted by Gasteiger charge is -2.31. The van der Waals surface area contributed by atoms with Crippen LogP contribution in [0.3, 0.4) is 0 Å². The highest BCUT2D eigenvalue weighted by molar-refractivity contribution is 5.92. The fourth-order valence-electron chi connectivity index (χ4n) is 4.86. The smallest absolute Gasteiger partial charge is 0.144 e. The molecule has 3 heteroatoms. The summed E-state index contributed by atoms with van der Waals surface area (Å²) in [5.74, 6) is 2.23. The van der Waals surface area contributed by atoms with Crippen LogP contribution in [0.4, 0.5) is 0 Å². The minimum absolute atomic E-state index is 0.0676. The molecule has 0 amide bonds. The van der Waals surface area contributed by atoms with Crippen molar-refractivity contribution in [1.82, 2.24) is 0 Å². The van der Waals surface area contributed by atoms with Gasteiger partial charge in [0.15, 0.2) is 0 Å². The molecule has 0 radical (unpaired) electrons. The van der Waals surface area contributed by atoms with Crippen LogP contribution in [0.15, 0.2) is 66.4 Å². The van der Waals surface area contributed by atoms with Gasteiger partial charge in [-0.2, -0.15) is 0 Å². The number of methoxy groups -OCH3 is 2. The molecule has 0 heterocycles. The third-order valence-electron chi connectivity index (χ3n) is 6.06. The normalized spacial score (nSPS) is 30.0. The molecule has 2 bridgehead atoms. The summed E-state index contributed by atoms with van der Waals surface area (Å²) < 4.78 is 11.2. The fraction of sp³-hybridized carbons (Fsp3) is 0.348. The molecule has 2 aromatic rings. The zero-order valence-electron chi connectivity index (χ0n) is 15.4. The largest absolute Gasteiger partial charge is 0.501 e. The van der Waals surface area contributed by atoms with E-state index < -0.39 is 0 Å². The number of rotatable bonds is 4. The van der Waals surface area contributed by atoms with Gasteiger partial charge in [0.2, 0.25) is 0 Å². The van der Waals surface area contributed by atoms with Crippen LogP contribution >= 0.6 is 0 Å². The minimum atomic E-state index is -0.107. The Bertz CT molecular complexity index is 840. The fourth-order valence-corrected chi connectivity index (χ4v) is 4.86. The van der Waals surface area contributed by atoms with Crippen LogP contribution in [0.1, 0.15) is 29.9 Å². The van der Waals surface area contributed by atoms with Crippen molar-refractivity contribution in [1.29, 1.82) is 0 Å². The predicted octanol–water partition coefficient (Wildman–Crippen LogP) is 4.56. The number of hydrogen-bond donors (Lipinski definition) is 0. The Balaban J connectivity index is 1.85. The first-order valence-corrected chi connectivity index (χ1v) is 9.14. The monoisotopic (exact) mass is 348 g/mol. The number of carbonyl (C=O) groups excluding carboxylic acids is 1. The van der Waals surface area contributed by atoms with Crippen molar-refractivity contribution >= 4 is 5.78 Å². The number of ketones is 1. The van der Waals surface area contributed by atoms with Crippen LogP contribution in [0.2, 0.25) is 0 Å². The van der Waals surface area contributed by atoms with Gasteiger partial charge in [-0.15, -0.1) is 0 Å². The summed E-state index contributed by atoms with van der Waals surface area (Å²) in [7, 11) is 3.37. The predicted molar refractivity (Wildman–Crippen MR) is 101 cm³/mol. The maximum atomic E-state index is 13.3. The molecule has 26 heavy (non-hydrogen) atoms. The summed E-state index contributed by atoms with van der Waals surface area (Å²) in [6.45, 7) is 2.19. The van der Waals surface area contributed by atoms with Gasteiger partial charge >= 0.3 is 0 Å². The van der Waals surface area contributed by atoms with Crippen molar-refractivity contribution in [2.75, 3.05) is 14.2 Å². The summed E-state index contributed by atoms with van der Waals surface area (Å²) in [6, 6.07) is 18.4. The Morgan fingerprint density at radius 3 is 2.27 bits per heavy atom. The highest BCUT2D eigenvalue weighted by Crippen LogP contribution is 2.56. The third kappa shape index (κ3) is 2.54. The van der Waals surface area contributed by atoms with Crippen molar-refractivity contribution < 1.29 is 14.3 Å². The van der Waals surface area contributed by atoms with Crippen LogP contribution in [0.25, 0.3) is 0 Å². The topological polar surface area (TPSA) is 35.5 Å². The maximum Gasteiger partial charge on any atom is 0.144 e. The number of benzene rings is 2. The van der Waals surface area contributed by atoms with Gasteiger partial charge in [-0.05, 0) is 41.2 Å². The number of Topliss-reactive ketones (excluding diaryl/α,β-unsaturated/α-hetero) is 1. The van der Waals surface area contributed by atoms with Gasteiger partial charge < -0.3 is 9.47 Å². The van der Waals surface area contributed by atoms with Crippen molar-refractivity contribution in [3.8, 4) is 5.75 Å². The van der Waals surface area contributed by atoms with Crippen LogP contribution in [-0.4, -0.2) is 20.0 Å². The number of ether oxygens (including phenoxy) is 2. The third-order valence-corrected chi connectivity index (χ3v) is 6.06. The summed E-state index contributed by atoms with van der Waals surface area (Å²) in [5, 5.41) is 0. The Labute approximate surface area is 154 Å². The van der Waals surface area contributed by atoms with Crippen LogP contribution < -0.4 is 4.74 Å². The average molecular weight is 348 g/mol. The summed E-state index contributed by atoms with van der Waals surface area (Å²) in [5.41, 5.74) is 2.31. The molecule has 0 spiro atoms. The van der Waals surface area contributed by atoms with E-state index in [-0.39, 0.29) is 29.6 Å². The van der Waals surface area contributed by atoms with E-state index in [4.69, 9.17) is 9.47 Å². The van der Waals surface area contributed by atoms with Gasteiger partial charge in [0.25, 0.3) is 0 Å². The zero-order valence-corrected chi connectivity index (χ0v) is 15.4. The maximum absolute atomic E-state index is 13.3. The molecular formula is C23H24O3. The van der Waals surface area contributed by atoms with E-state index in [0.29, 0.717) is 5.78 Å². The van der Waals surface area contributed by atoms with Crippen LogP contribution in [0.5, 0.6) is 5.75 Å². The first-order valence-electron chi connectivity index (χ1n) is 9.14. The Morgan fingerprint density at radius 2 is 1.58 bits per heavy atom. The van der Waals surface area contributed by atoms with E-state index in [2.05, 4.69) is 43.3 Å². The molecule has 1 saturated carbocycles. The molecule has 2 aliphatic rings. The molecule has 4 rings (SSSR count). The van der Waals surface area contributed by atoms with Gasteiger partial charge in [0, 0.05) is 11.8 Å². The van der Waals surface area contributed by atoms with E-state index in [9.17, 15) is 4.79 Å². The lowest BCUT2D eigenvalue weighted by Crippen LogP contribution is -2.29. The van der Waals surface area contributed by atoms with Gasteiger partial charge in [-0.3, -0.25) is 4.79 Å². The van der Waals surface area contributed by atoms with Crippen molar-refractivity contribution in [3.05, 3.63) is 77.6 Å². The molecule has 2 aromatic carbocycles. The molecular weight excluding hydrogens is 324 g/mol. The van der Waals surface area contributed by atoms with E-state index in [1.54, 1.807) is 14.2 Å². The van der Waals surface area contributed by atoms with E-state index in [0.717, 1.165) is 17.1 Å². The Morgan fingerprint density at radius 1 is 0.846 bits per heavy atom. The van der Waals surface area contributed by atoms with Crippen molar-refractivity contribution in [2.45, 2.75) is 18.8 Å². The average Bonchev–Trinajstić information content (AvgIpc) is 2.84. The van der Waals surface area contributed by atoms with Gasteiger partial charge in [-0.1, -0.05) is 49.4 Å².